The highest BCUT2D eigenvalue weighted by Gasteiger charge is 2.13. The van der Waals surface area contributed by atoms with Crippen LogP contribution in [0.5, 0.6) is 0 Å². The number of anilines is 1. The standard InChI is InChI=1S/C12H17FN2O2.ClH/c1-3-8-4-5-9(6-10(8)13)15-12(16)11(14)7-17-2;/h4-6,11H,3,7,14H2,1-2H3,(H,15,16);1H. The van der Waals surface area contributed by atoms with Crippen LogP contribution in [-0.2, 0) is 16.0 Å². The van der Waals surface area contributed by atoms with Gasteiger partial charge in [-0.15, -0.1) is 12.4 Å². The number of hydrogen-bond acceptors (Lipinski definition) is 3. The Labute approximate surface area is 112 Å². The first-order chi connectivity index (χ1) is 8.08. The molecule has 1 atom stereocenters. The molecule has 0 radical (unpaired) electrons. The van der Waals surface area contributed by atoms with Gasteiger partial charge in [0.1, 0.15) is 11.9 Å². The minimum Gasteiger partial charge on any atom is -0.383 e. The number of methoxy groups -OCH3 is 1. The van der Waals surface area contributed by atoms with Crippen molar-refractivity contribution in [3.63, 3.8) is 0 Å². The summed E-state index contributed by atoms with van der Waals surface area (Å²) in [6, 6.07) is 3.83. The number of halogens is 2. The Morgan fingerprint density at radius 3 is 2.72 bits per heavy atom. The summed E-state index contributed by atoms with van der Waals surface area (Å²) in [7, 11) is 1.46. The molecule has 6 heteroatoms. The van der Waals surface area contributed by atoms with Gasteiger partial charge in [0, 0.05) is 12.8 Å². The number of carbonyl (C=O) groups is 1. The Balaban J connectivity index is 0.00000289. The number of benzene rings is 1. The van der Waals surface area contributed by atoms with Gasteiger partial charge in [0.05, 0.1) is 6.61 Å². The van der Waals surface area contributed by atoms with E-state index in [1.54, 1.807) is 12.1 Å². The lowest BCUT2D eigenvalue weighted by molar-refractivity contribution is -0.118. The highest BCUT2D eigenvalue weighted by atomic mass is 35.5. The quantitative estimate of drug-likeness (QED) is 0.861. The molecule has 1 aromatic rings. The summed E-state index contributed by atoms with van der Waals surface area (Å²) in [5.41, 5.74) is 6.55. The first kappa shape index (κ1) is 16.8. The highest BCUT2D eigenvalue weighted by molar-refractivity contribution is 5.94. The van der Waals surface area contributed by atoms with Gasteiger partial charge < -0.3 is 15.8 Å². The van der Waals surface area contributed by atoms with E-state index in [9.17, 15) is 9.18 Å². The van der Waals surface area contributed by atoms with E-state index < -0.39 is 11.9 Å². The van der Waals surface area contributed by atoms with Gasteiger partial charge in [-0.1, -0.05) is 13.0 Å². The lowest BCUT2D eigenvalue weighted by Gasteiger charge is -2.11. The topological polar surface area (TPSA) is 64.4 Å². The molecule has 0 fully saturated rings. The summed E-state index contributed by atoms with van der Waals surface area (Å²) in [5.74, 6) is -0.721. The van der Waals surface area contributed by atoms with Gasteiger partial charge in [-0.05, 0) is 24.1 Å². The monoisotopic (exact) mass is 276 g/mol. The molecule has 3 N–H and O–H groups in total. The number of aryl methyl sites for hydroxylation is 1. The lowest BCUT2D eigenvalue weighted by Crippen LogP contribution is -2.39. The van der Waals surface area contributed by atoms with Crippen molar-refractivity contribution >= 4 is 24.0 Å². The molecule has 0 aliphatic heterocycles. The van der Waals surface area contributed by atoms with E-state index in [4.69, 9.17) is 10.5 Å². The van der Waals surface area contributed by atoms with E-state index in [-0.39, 0.29) is 24.8 Å². The molecular formula is C12H18ClFN2O2. The van der Waals surface area contributed by atoms with Crippen molar-refractivity contribution in [2.24, 2.45) is 5.73 Å². The third-order valence-corrected chi connectivity index (χ3v) is 2.38. The number of nitrogens with one attached hydrogen (secondary N) is 1. The molecule has 0 spiro atoms. The molecule has 1 rings (SSSR count). The molecule has 1 amide bonds. The van der Waals surface area contributed by atoms with Crippen LogP contribution in [-0.4, -0.2) is 25.7 Å². The molecule has 0 aliphatic rings. The Hall–Kier alpha value is -1.17. The normalized spacial score (nSPS) is 11.6. The van der Waals surface area contributed by atoms with Gasteiger partial charge >= 0.3 is 0 Å². The van der Waals surface area contributed by atoms with Crippen molar-refractivity contribution in [1.82, 2.24) is 0 Å². The number of amides is 1. The Morgan fingerprint density at radius 1 is 1.56 bits per heavy atom. The summed E-state index contributed by atoms with van der Waals surface area (Å²) in [4.78, 5) is 11.5. The van der Waals surface area contributed by atoms with Crippen LogP contribution in [0, 0.1) is 5.82 Å². The van der Waals surface area contributed by atoms with Gasteiger partial charge in [0.15, 0.2) is 0 Å². The average molecular weight is 277 g/mol. The predicted molar refractivity (Wildman–Crippen MR) is 71.5 cm³/mol. The summed E-state index contributed by atoms with van der Waals surface area (Å²) < 4.78 is 18.2. The minimum atomic E-state index is -0.756. The molecule has 0 saturated carbocycles. The van der Waals surface area contributed by atoms with E-state index in [0.717, 1.165) is 0 Å². The SMILES string of the molecule is CCc1ccc(NC(=O)C(N)COC)cc1F.Cl. The average Bonchev–Trinajstić information content (AvgIpc) is 2.29. The zero-order valence-electron chi connectivity index (χ0n) is 10.4. The van der Waals surface area contributed by atoms with Crippen molar-refractivity contribution in [2.75, 3.05) is 19.0 Å². The molecule has 0 aliphatic carbocycles. The Bertz CT molecular complexity index is 402. The van der Waals surface area contributed by atoms with Crippen molar-refractivity contribution in [1.29, 1.82) is 0 Å². The maximum atomic E-state index is 13.4. The second-order valence-corrected chi connectivity index (χ2v) is 3.71. The van der Waals surface area contributed by atoms with Gasteiger partial charge in [-0.3, -0.25) is 4.79 Å². The van der Waals surface area contributed by atoms with Crippen LogP contribution in [0.4, 0.5) is 10.1 Å². The molecular weight excluding hydrogens is 259 g/mol. The second-order valence-electron chi connectivity index (χ2n) is 3.71. The van der Waals surface area contributed by atoms with E-state index >= 15 is 0 Å². The van der Waals surface area contributed by atoms with E-state index in [1.807, 2.05) is 6.92 Å². The van der Waals surface area contributed by atoms with Crippen LogP contribution in [0.3, 0.4) is 0 Å². The molecule has 1 aromatic carbocycles. The number of ether oxygens (including phenoxy) is 1. The first-order valence-electron chi connectivity index (χ1n) is 5.42. The molecule has 1 unspecified atom stereocenters. The summed E-state index contributed by atoms with van der Waals surface area (Å²) in [6.07, 6.45) is 0.614. The fourth-order valence-electron chi connectivity index (χ4n) is 1.40. The maximum Gasteiger partial charge on any atom is 0.243 e. The fraction of sp³-hybridized carbons (Fsp3) is 0.417. The van der Waals surface area contributed by atoms with Gasteiger partial charge in [-0.25, -0.2) is 4.39 Å². The highest BCUT2D eigenvalue weighted by Crippen LogP contribution is 2.15. The van der Waals surface area contributed by atoms with Crippen molar-refractivity contribution < 1.29 is 13.9 Å². The third-order valence-electron chi connectivity index (χ3n) is 2.38. The molecule has 102 valence electrons. The van der Waals surface area contributed by atoms with Crippen LogP contribution < -0.4 is 11.1 Å². The summed E-state index contributed by atoms with van der Waals surface area (Å²) in [6.45, 7) is 1.99. The van der Waals surface area contributed by atoms with Crippen molar-refractivity contribution in [2.45, 2.75) is 19.4 Å². The number of nitrogens with two attached hydrogens (primary N) is 1. The molecule has 0 saturated heterocycles. The van der Waals surface area contributed by atoms with Crippen LogP contribution in [0.25, 0.3) is 0 Å². The largest absolute Gasteiger partial charge is 0.383 e. The second kappa shape index (κ2) is 8.02. The summed E-state index contributed by atoms with van der Waals surface area (Å²) >= 11 is 0. The number of carbonyl (C=O) groups excluding carboxylic acids is 1. The maximum absolute atomic E-state index is 13.4. The Kier molecular flexibility index (Phi) is 7.50. The molecule has 0 heterocycles. The smallest absolute Gasteiger partial charge is 0.243 e. The number of rotatable bonds is 5. The zero-order chi connectivity index (χ0) is 12.8. The molecule has 0 aromatic heterocycles. The van der Waals surface area contributed by atoms with Gasteiger partial charge in [-0.2, -0.15) is 0 Å². The van der Waals surface area contributed by atoms with Crippen LogP contribution >= 0.6 is 12.4 Å². The minimum absolute atomic E-state index is 0. The predicted octanol–water partition coefficient (Wildman–Crippen LogP) is 1.72. The number of hydrogen-bond donors (Lipinski definition) is 2. The third kappa shape index (κ3) is 4.60. The van der Waals surface area contributed by atoms with Crippen LogP contribution in [0.1, 0.15) is 12.5 Å². The summed E-state index contributed by atoms with van der Waals surface area (Å²) in [5, 5.41) is 2.53. The van der Waals surface area contributed by atoms with Gasteiger partial charge in [0.2, 0.25) is 5.91 Å². The van der Waals surface area contributed by atoms with Crippen molar-refractivity contribution in [3.8, 4) is 0 Å². The zero-order valence-corrected chi connectivity index (χ0v) is 11.2. The first-order valence-corrected chi connectivity index (χ1v) is 5.42. The van der Waals surface area contributed by atoms with Crippen molar-refractivity contribution in [3.05, 3.63) is 29.6 Å². The molecule has 4 nitrogen and oxygen atoms in total. The van der Waals surface area contributed by atoms with Gasteiger partial charge in [0.25, 0.3) is 0 Å². The molecule has 18 heavy (non-hydrogen) atoms. The fourth-order valence-corrected chi connectivity index (χ4v) is 1.40. The van der Waals surface area contributed by atoms with Crippen LogP contribution in [0.15, 0.2) is 18.2 Å². The van der Waals surface area contributed by atoms with Crippen LogP contribution in [0.2, 0.25) is 0 Å². The van der Waals surface area contributed by atoms with E-state index in [0.29, 0.717) is 17.7 Å². The Morgan fingerprint density at radius 2 is 2.22 bits per heavy atom. The molecule has 0 bridgehead atoms. The van der Waals surface area contributed by atoms with E-state index in [1.165, 1.54) is 13.2 Å². The lowest BCUT2D eigenvalue weighted by atomic mass is 10.1. The van der Waals surface area contributed by atoms with E-state index in [2.05, 4.69) is 5.32 Å².